The lowest BCUT2D eigenvalue weighted by Crippen LogP contribution is -2.00. The standard InChI is InChI=1S/C11H8Cl2N4O/c1-2-18-11-10-16-14-5-17(10)9-7(13)4-3-6(12)8(9)15-11/h3-5H,2H2,1H3. The molecule has 18 heavy (non-hydrogen) atoms. The molecule has 0 bridgehead atoms. The molecule has 92 valence electrons. The van der Waals surface area contributed by atoms with Gasteiger partial charge in [-0.15, -0.1) is 10.2 Å². The van der Waals surface area contributed by atoms with Crippen molar-refractivity contribution in [3.05, 3.63) is 28.5 Å². The third-order valence-corrected chi connectivity index (χ3v) is 3.14. The fourth-order valence-corrected chi connectivity index (χ4v) is 2.23. The van der Waals surface area contributed by atoms with Crippen molar-refractivity contribution >= 4 is 39.9 Å². The van der Waals surface area contributed by atoms with Crippen LogP contribution in [0.5, 0.6) is 5.88 Å². The summed E-state index contributed by atoms with van der Waals surface area (Å²) in [6.45, 7) is 2.36. The van der Waals surface area contributed by atoms with E-state index >= 15 is 0 Å². The number of hydrogen-bond donors (Lipinski definition) is 0. The molecular formula is C11H8Cl2N4O. The largest absolute Gasteiger partial charge is 0.475 e. The molecule has 2 heterocycles. The molecule has 3 rings (SSSR count). The third-order valence-electron chi connectivity index (χ3n) is 2.53. The molecule has 2 aromatic heterocycles. The van der Waals surface area contributed by atoms with Crippen molar-refractivity contribution in [1.29, 1.82) is 0 Å². The molecule has 5 nitrogen and oxygen atoms in total. The first-order valence-corrected chi connectivity index (χ1v) is 6.08. The van der Waals surface area contributed by atoms with Gasteiger partial charge in [0.25, 0.3) is 5.88 Å². The first kappa shape index (κ1) is 11.5. The fraction of sp³-hybridized carbons (Fsp3) is 0.182. The second-order valence-corrected chi connectivity index (χ2v) is 4.42. The van der Waals surface area contributed by atoms with Crippen LogP contribution in [0.3, 0.4) is 0 Å². The van der Waals surface area contributed by atoms with Crippen LogP contribution in [-0.2, 0) is 0 Å². The van der Waals surface area contributed by atoms with Crippen LogP contribution in [0.1, 0.15) is 6.92 Å². The Labute approximate surface area is 112 Å². The van der Waals surface area contributed by atoms with Crippen LogP contribution < -0.4 is 4.74 Å². The maximum Gasteiger partial charge on any atom is 0.260 e. The molecule has 0 saturated carbocycles. The highest BCUT2D eigenvalue weighted by Crippen LogP contribution is 2.31. The van der Waals surface area contributed by atoms with Gasteiger partial charge in [0.2, 0.25) is 5.65 Å². The van der Waals surface area contributed by atoms with E-state index in [0.29, 0.717) is 39.2 Å². The van der Waals surface area contributed by atoms with E-state index in [1.165, 1.54) is 0 Å². The maximum atomic E-state index is 6.18. The van der Waals surface area contributed by atoms with Gasteiger partial charge in [-0.25, -0.2) is 4.98 Å². The SMILES string of the molecule is CCOc1nc2c(Cl)ccc(Cl)c2n2cnnc12. The van der Waals surface area contributed by atoms with E-state index in [9.17, 15) is 0 Å². The molecule has 0 unspecified atom stereocenters. The Balaban J connectivity index is 2.51. The van der Waals surface area contributed by atoms with Crippen molar-refractivity contribution in [3.8, 4) is 5.88 Å². The fourth-order valence-electron chi connectivity index (χ4n) is 1.80. The van der Waals surface area contributed by atoms with Crippen molar-refractivity contribution in [1.82, 2.24) is 19.6 Å². The molecule has 0 amide bonds. The van der Waals surface area contributed by atoms with E-state index in [-0.39, 0.29) is 0 Å². The number of fused-ring (bicyclic) bond motifs is 3. The number of hydrogen-bond acceptors (Lipinski definition) is 4. The van der Waals surface area contributed by atoms with E-state index in [0.717, 1.165) is 0 Å². The topological polar surface area (TPSA) is 52.3 Å². The van der Waals surface area contributed by atoms with Gasteiger partial charge in [0.15, 0.2) is 0 Å². The Kier molecular flexibility index (Phi) is 2.72. The van der Waals surface area contributed by atoms with Crippen molar-refractivity contribution in [2.45, 2.75) is 6.92 Å². The molecule has 0 aliphatic heterocycles. The highest BCUT2D eigenvalue weighted by molar-refractivity contribution is 6.39. The van der Waals surface area contributed by atoms with Gasteiger partial charge in [-0.3, -0.25) is 4.40 Å². The molecule has 0 atom stereocenters. The highest BCUT2D eigenvalue weighted by atomic mass is 35.5. The molecule has 3 aromatic rings. The first-order valence-electron chi connectivity index (χ1n) is 5.32. The van der Waals surface area contributed by atoms with E-state index in [2.05, 4.69) is 15.2 Å². The second-order valence-electron chi connectivity index (χ2n) is 3.60. The van der Waals surface area contributed by atoms with Crippen LogP contribution >= 0.6 is 23.2 Å². The smallest absolute Gasteiger partial charge is 0.260 e. The second kappa shape index (κ2) is 4.26. The van der Waals surface area contributed by atoms with Crippen molar-refractivity contribution in [2.24, 2.45) is 0 Å². The van der Waals surface area contributed by atoms with Gasteiger partial charge < -0.3 is 4.74 Å². The van der Waals surface area contributed by atoms with Gasteiger partial charge in [0.05, 0.1) is 22.2 Å². The average molecular weight is 283 g/mol. The van der Waals surface area contributed by atoms with Crippen molar-refractivity contribution < 1.29 is 4.74 Å². The number of nitrogens with zero attached hydrogens (tertiary/aromatic N) is 4. The van der Waals surface area contributed by atoms with E-state index in [1.54, 1.807) is 22.9 Å². The minimum Gasteiger partial charge on any atom is -0.475 e. The lowest BCUT2D eigenvalue weighted by atomic mass is 10.3. The minimum atomic E-state index is 0.395. The van der Waals surface area contributed by atoms with Crippen LogP contribution in [0.25, 0.3) is 16.7 Å². The van der Waals surface area contributed by atoms with Crippen LogP contribution in [0.15, 0.2) is 18.5 Å². The summed E-state index contributed by atoms with van der Waals surface area (Å²) in [7, 11) is 0. The van der Waals surface area contributed by atoms with E-state index < -0.39 is 0 Å². The van der Waals surface area contributed by atoms with Crippen LogP contribution in [0.4, 0.5) is 0 Å². The summed E-state index contributed by atoms with van der Waals surface area (Å²) >= 11 is 12.3. The first-order chi connectivity index (χ1) is 8.72. The molecule has 0 spiro atoms. The van der Waals surface area contributed by atoms with Gasteiger partial charge in [0.1, 0.15) is 11.8 Å². The average Bonchev–Trinajstić information content (AvgIpc) is 2.83. The monoisotopic (exact) mass is 282 g/mol. The minimum absolute atomic E-state index is 0.395. The maximum absolute atomic E-state index is 6.18. The number of aromatic nitrogens is 4. The number of halogens is 2. The lowest BCUT2D eigenvalue weighted by molar-refractivity contribution is 0.330. The Morgan fingerprint density at radius 3 is 2.83 bits per heavy atom. The Hall–Kier alpha value is -1.59. The van der Waals surface area contributed by atoms with Gasteiger partial charge >= 0.3 is 0 Å². The van der Waals surface area contributed by atoms with Crippen LogP contribution in [0.2, 0.25) is 10.0 Å². The molecule has 0 aliphatic carbocycles. The molecule has 0 N–H and O–H groups in total. The summed E-state index contributed by atoms with van der Waals surface area (Å²) in [5, 5.41) is 8.88. The zero-order chi connectivity index (χ0) is 12.7. The molecule has 7 heteroatoms. The van der Waals surface area contributed by atoms with Crippen molar-refractivity contribution in [3.63, 3.8) is 0 Å². The third kappa shape index (κ3) is 1.59. The predicted molar refractivity (Wildman–Crippen MR) is 69.5 cm³/mol. The zero-order valence-corrected chi connectivity index (χ0v) is 10.9. The van der Waals surface area contributed by atoms with Gasteiger partial charge in [-0.05, 0) is 19.1 Å². The molecule has 0 radical (unpaired) electrons. The zero-order valence-electron chi connectivity index (χ0n) is 9.39. The Bertz CT molecular complexity index is 741. The Morgan fingerprint density at radius 1 is 1.28 bits per heavy atom. The Morgan fingerprint density at radius 2 is 2.06 bits per heavy atom. The number of benzene rings is 1. The quantitative estimate of drug-likeness (QED) is 0.725. The van der Waals surface area contributed by atoms with Crippen LogP contribution in [0, 0.1) is 0 Å². The molecule has 1 aromatic carbocycles. The molecule has 0 saturated heterocycles. The highest BCUT2D eigenvalue weighted by Gasteiger charge is 2.15. The van der Waals surface area contributed by atoms with Gasteiger partial charge in [0, 0.05) is 0 Å². The van der Waals surface area contributed by atoms with E-state index in [1.807, 2.05) is 6.92 Å². The molecular weight excluding hydrogens is 275 g/mol. The van der Waals surface area contributed by atoms with Crippen molar-refractivity contribution in [2.75, 3.05) is 6.61 Å². The van der Waals surface area contributed by atoms with E-state index in [4.69, 9.17) is 27.9 Å². The summed E-state index contributed by atoms with van der Waals surface area (Å²) in [6.07, 6.45) is 1.56. The van der Waals surface area contributed by atoms with Gasteiger partial charge in [-0.2, -0.15) is 0 Å². The predicted octanol–water partition coefficient (Wildman–Crippen LogP) is 2.98. The molecule has 0 aliphatic rings. The summed E-state index contributed by atoms with van der Waals surface area (Å²) in [5.74, 6) is 0.395. The van der Waals surface area contributed by atoms with Gasteiger partial charge in [-0.1, -0.05) is 23.2 Å². The summed E-state index contributed by atoms with van der Waals surface area (Å²) < 4.78 is 7.17. The molecule has 0 fully saturated rings. The summed E-state index contributed by atoms with van der Waals surface area (Å²) in [4.78, 5) is 4.36. The lowest BCUT2D eigenvalue weighted by Gasteiger charge is -2.08. The normalized spacial score (nSPS) is 11.3. The summed E-state index contributed by atoms with van der Waals surface area (Å²) in [6, 6.07) is 3.42. The number of ether oxygens (including phenoxy) is 1. The van der Waals surface area contributed by atoms with Crippen LogP contribution in [-0.4, -0.2) is 26.2 Å². The summed E-state index contributed by atoms with van der Waals surface area (Å²) in [5.41, 5.74) is 1.76. The number of rotatable bonds is 2.